The van der Waals surface area contributed by atoms with Crippen LogP contribution < -0.4 is 15.4 Å². The van der Waals surface area contributed by atoms with Gasteiger partial charge in [-0.15, -0.1) is 0 Å². The molecular weight excluding hydrogens is 300 g/mol. The van der Waals surface area contributed by atoms with Crippen molar-refractivity contribution in [1.29, 1.82) is 0 Å². The van der Waals surface area contributed by atoms with Crippen LogP contribution in [-0.2, 0) is 6.67 Å². The zero-order chi connectivity index (χ0) is 16.2. The van der Waals surface area contributed by atoms with Crippen molar-refractivity contribution in [2.75, 3.05) is 31.1 Å². The highest BCUT2D eigenvalue weighted by Crippen LogP contribution is 2.06. The summed E-state index contributed by atoms with van der Waals surface area (Å²) in [5.74, 6) is 0.707. The van der Waals surface area contributed by atoms with Gasteiger partial charge in [-0.1, -0.05) is 0 Å². The summed E-state index contributed by atoms with van der Waals surface area (Å²) in [4.78, 5) is 33.9. The largest absolute Gasteiger partial charge is 0.330 e. The third-order valence-corrected chi connectivity index (χ3v) is 3.88. The van der Waals surface area contributed by atoms with Gasteiger partial charge in [0.05, 0.1) is 37.3 Å². The summed E-state index contributed by atoms with van der Waals surface area (Å²) in [6.45, 7) is 3.61. The van der Waals surface area contributed by atoms with Gasteiger partial charge >= 0.3 is 0 Å². The molecule has 0 aromatic carbocycles. The zero-order valence-corrected chi connectivity index (χ0v) is 12.5. The first-order valence-corrected chi connectivity index (χ1v) is 7.34. The van der Waals surface area contributed by atoms with E-state index in [-0.39, 0.29) is 11.2 Å². The van der Waals surface area contributed by atoms with Gasteiger partial charge in [0.2, 0.25) is 5.95 Å². The maximum atomic E-state index is 11.9. The number of nitrogens with one attached hydrogen (secondary N) is 1. The van der Waals surface area contributed by atoms with Crippen molar-refractivity contribution in [2.45, 2.75) is 6.67 Å². The molecule has 2 aromatic heterocycles. The number of nitro groups is 1. The van der Waals surface area contributed by atoms with E-state index in [0.717, 1.165) is 26.2 Å². The molecule has 3 rings (SSSR count). The lowest BCUT2D eigenvalue weighted by molar-refractivity contribution is -0.923. The van der Waals surface area contributed by atoms with Crippen molar-refractivity contribution in [1.82, 2.24) is 14.5 Å². The molecule has 0 spiro atoms. The minimum atomic E-state index is -0.490. The van der Waals surface area contributed by atoms with Crippen LogP contribution in [0.1, 0.15) is 0 Å². The number of pyridine rings is 1. The van der Waals surface area contributed by atoms with Gasteiger partial charge in [-0.05, 0) is 6.07 Å². The number of hydrogen-bond acceptors (Lipinski definition) is 6. The van der Waals surface area contributed by atoms with E-state index >= 15 is 0 Å². The molecule has 2 aromatic rings. The molecule has 1 saturated heterocycles. The third kappa shape index (κ3) is 3.51. The summed E-state index contributed by atoms with van der Waals surface area (Å²) in [6, 6.07) is 4.25. The van der Waals surface area contributed by atoms with Crippen LogP contribution in [0.4, 0.5) is 11.6 Å². The second-order valence-electron chi connectivity index (χ2n) is 5.40. The Morgan fingerprint density at radius 3 is 2.57 bits per heavy atom. The van der Waals surface area contributed by atoms with Crippen molar-refractivity contribution >= 4 is 11.6 Å². The number of aromatic nitrogens is 3. The number of rotatable bonds is 4. The number of piperazine rings is 1. The number of nitrogens with zero attached hydrogens (tertiary/aromatic N) is 5. The van der Waals surface area contributed by atoms with Gasteiger partial charge in [0, 0.05) is 24.5 Å². The van der Waals surface area contributed by atoms with E-state index in [1.54, 1.807) is 18.5 Å². The minimum Gasteiger partial charge on any atom is -0.330 e. The summed E-state index contributed by atoms with van der Waals surface area (Å²) in [5.41, 5.74) is -0.294. The molecule has 1 aliphatic heterocycles. The van der Waals surface area contributed by atoms with Crippen LogP contribution in [-0.4, -0.2) is 45.6 Å². The Hall–Kier alpha value is -2.81. The molecule has 0 amide bonds. The van der Waals surface area contributed by atoms with Crippen LogP contribution in [0, 0.1) is 10.1 Å². The van der Waals surface area contributed by atoms with Crippen LogP contribution in [0.3, 0.4) is 0 Å². The Kier molecular flexibility index (Phi) is 4.29. The lowest BCUT2D eigenvalue weighted by Gasteiger charge is -2.32. The second kappa shape index (κ2) is 6.53. The Morgan fingerprint density at radius 2 is 1.91 bits per heavy atom. The Bertz CT molecular complexity index is 740. The van der Waals surface area contributed by atoms with Gasteiger partial charge in [0.15, 0.2) is 6.67 Å². The topological polar surface area (TPSA) is 98.6 Å². The van der Waals surface area contributed by atoms with Gasteiger partial charge < -0.3 is 9.80 Å². The summed E-state index contributed by atoms with van der Waals surface area (Å²) < 4.78 is 1.40. The average Bonchev–Trinajstić information content (AvgIpc) is 2.58. The maximum absolute atomic E-state index is 11.9. The van der Waals surface area contributed by atoms with Gasteiger partial charge in [0.25, 0.3) is 11.2 Å². The van der Waals surface area contributed by atoms with E-state index in [1.807, 2.05) is 0 Å². The smallest absolute Gasteiger partial charge is 0.285 e. The minimum absolute atomic E-state index is 0.0691. The molecule has 0 unspecified atom stereocenters. The van der Waals surface area contributed by atoms with Gasteiger partial charge in [0.1, 0.15) is 0 Å². The highest BCUT2D eigenvalue weighted by Gasteiger charge is 2.22. The standard InChI is InChI=1S/C14H16N6O3/c21-13-3-2-12(20(22)23)10-19(13)11-17-6-8-18(9-7-17)14-15-4-1-5-16-14/h1-5,10H,6-9,11H2/p+1. The van der Waals surface area contributed by atoms with Crippen molar-refractivity contribution < 1.29 is 9.82 Å². The molecule has 3 heterocycles. The molecule has 0 atom stereocenters. The van der Waals surface area contributed by atoms with Crippen molar-refractivity contribution in [2.24, 2.45) is 0 Å². The summed E-state index contributed by atoms with van der Waals surface area (Å²) >= 11 is 0. The van der Waals surface area contributed by atoms with E-state index in [2.05, 4.69) is 14.9 Å². The lowest BCUT2D eigenvalue weighted by Crippen LogP contribution is -3.14. The molecule has 0 bridgehead atoms. The normalized spacial score (nSPS) is 15.6. The molecule has 1 fully saturated rings. The summed E-state index contributed by atoms with van der Waals surface area (Å²) in [6.07, 6.45) is 4.73. The molecule has 23 heavy (non-hydrogen) atoms. The van der Waals surface area contributed by atoms with Crippen LogP contribution in [0.2, 0.25) is 0 Å². The predicted molar refractivity (Wildman–Crippen MR) is 82.3 cm³/mol. The zero-order valence-electron chi connectivity index (χ0n) is 12.5. The van der Waals surface area contributed by atoms with E-state index in [9.17, 15) is 14.9 Å². The fourth-order valence-electron chi connectivity index (χ4n) is 2.63. The fourth-order valence-corrected chi connectivity index (χ4v) is 2.63. The Balaban J connectivity index is 1.64. The first-order chi connectivity index (χ1) is 11.1. The molecule has 0 saturated carbocycles. The first-order valence-electron chi connectivity index (χ1n) is 7.34. The highest BCUT2D eigenvalue weighted by molar-refractivity contribution is 5.28. The van der Waals surface area contributed by atoms with E-state index < -0.39 is 4.92 Å². The third-order valence-electron chi connectivity index (χ3n) is 3.88. The average molecular weight is 317 g/mol. The number of anilines is 1. The van der Waals surface area contributed by atoms with Crippen molar-refractivity contribution in [3.63, 3.8) is 0 Å². The second-order valence-corrected chi connectivity index (χ2v) is 5.40. The van der Waals surface area contributed by atoms with E-state index in [1.165, 1.54) is 27.8 Å². The lowest BCUT2D eigenvalue weighted by atomic mass is 10.3. The molecule has 9 nitrogen and oxygen atoms in total. The van der Waals surface area contributed by atoms with E-state index in [4.69, 9.17) is 0 Å². The highest BCUT2D eigenvalue weighted by atomic mass is 16.6. The summed E-state index contributed by atoms with van der Waals surface area (Å²) in [7, 11) is 0. The van der Waals surface area contributed by atoms with Gasteiger partial charge in [-0.3, -0.25) is 19.5 Å². The molecule has 0 radical (unpaired) electrons. The quantitative estimate of drug-likeness (QED) is 0.568. The van der Waals surface area contributed by atoms with Crippen LogP contribution in [0.5, 0.6) is 0 Å². The predicted octanol–water partition coefficient (Wildman–Crippen LogP) is -1.09. The molecule has 120 valence electrons. The monoisotopic (exact) mass is 317 g/mol. The van der Waals surface area contributed by atoms with Crippen molar-refractivity contribution in [3.8, 4) is 0 Å². The Labute approximate surface area is 132 Å². The van der Waals surface area contributed by atoms with Crippen LogP contribution >= 0.6 is 0 Å². The summed E-state index contributed by atoms with van der Waals surface area (Å²) in [5, 5.41) is 10.8. The molecule has 0 aliphatic carbocycles. The molecule has 1 N–H and O–H groups in total. The van der Waals surface area contributed by atoms with Crippen LogP contribution in [0.15, 0.2) is 41.6 Å². The van der Waals surface area contributed by atoms with Crippen LogP contribution in [0.25, 0.3) is 0 Å². The SMILES string of the molecule is O=c1ccc([N+](=O)[O-])cn1C[NH+]1CCN(c2ncccn2)CC1. The van der Waals surface area contributed by atoms with Gasteiger partial charge in [-0.2, -0.15) is 0 Å². The maximum Gasteiger partial charge on any atom is 0.285 e. The molecule has 1 aliphatic rings. The van der Waals surface area contributed by atoms with E-state index in [0.29, 0.717) is 12.6 Å². The molecule has 9 heteroatoms. The first kappa shape index (κ1) is 15.1. The molecular formula is C14H17N6O3+. The van der Waals surface area contributed by atoms with Crippen molar-refractivity contribution in [3.05, 3.63) is 57.3 Å². The number of quaternary nitrogens is 1. The van der Waals surface area contributed by atoms with Gasteiger partial charge in [-0.25, -0.2) is 9.97 Å². The Morgan fingerprint density at radius 1 is 1.22 bits per heavy atom. The number of hydrogen-bond donors (Lipinski definition) is 1. The fraction of sp³-hybridized carbons (Fsp3) is 0.357.